The summed E-state index contributed by atoms with van der Waals surface area (Å²) in [6.07, 6.45) is 0. The van der Waals surface area contributed by atoms with Crippen molar-refractivity contribution in [2.45, 2.75) is 0 Å². The zero-order valence-corrected chi connectivity index (χ0v) is 7.19. The molecule has 14 heavy (non-hydrogen) atoms. The van der Waals surface area contributed by atoms with Gasteiger partial charge in [-0.2, -0.15) is 5.90 Å². The maximum atomic E-state index is 11.0. The molecule has 0 radical (unpaired) electrons. The zero-order valence-electron chi connectivity index (χ0n) is 7.19. The van der Waals surface area contributed by atoms with Gasteiger partial charge in [0.05, 0.1) is 5.56 Å². The summed E-state index contributed by atoms with van der Waals surface area (Å²) < 4.78 is 0. The highest BCUT2D eigenvalue weighted by atomic mass is 16.7. The molecular weight excluding hydrogens is 186 g/mol. The molecule has 0 fully saturated rings. The SMILES string of the molecule is NOC(=O)c1cc(C(N)=O)ccc1N. The average Bonchev–Trinajstić information content (AvgIpc) is 2.17. The first-order valence-electron chi connectivity index (χ1n) is 3.66. The van der Waals surface area contributed by atoms with Gasteiger partial charge in [0.25, 0.3) is 0 Å². The predicted octanol–water partition coefficient (Wildman–Crippen LogP) is -0.602. The van der Waals surface area contributed by atoms with Gasteiger partial charge >= 0.3 is 5.97 Å². The number of hydrogen-bond donors (Lipinski definition) is 3. The third kappa shape index (κ3) is 1.80. The first kappa shape index (κ1) is 10.0. The zero-order chi connectivity index (χ0) is 10.7. The van der Waals surface area contributed by atoms with Crippen molar-refractivity contribution in [1.29, 1.82) is 0 Å². The molecule has 1 rings (SSSR count). The van der Waals surface area contributed by atoms with Gasteiger partial charge in [0, 0.05) is 11.3 Å². The number of anilines is 1. The number of carbonyl (C=O) groups is 2. The number of rotatable bonds is 2. The predicted molar refractivity (Wildman–Crippen MR) is 49.0 cm³/mol. The van der Waals surface area contributed by atoms with Gasteiger partial charge in [-0.1, -0.05) is 0 Å². The second-order valence-electron chi connectivity index (χ2n) is 2.57. The van der Waals surface area contributed by atoms with Crippen LogP contribution in [0.15, 0.2) is 18.2 Å². The number of nitrogens with two attached hydrogens (primary N) is 3. The Morgan fingerprint density at radius 1 is 1.29 bits per heavy atom. The first-order chi connectivity index (χ1) is 6.56. The van der Waals surface area contributed by atoms with Crippen molar-refractivity contribution in [2.75, 3.05) is 5.73 Å². The summed E-state index contributed by atoms with van der Waals surface area (Å²) in [4.78, 5) is 25.8. The lowest BCUT2D eigenvalue weighted by Crippen LogP contribution is -2.16. The molecule has 1 aromatic carbocycles. The van der Waals surface area contributed by atoms with Crippen LogP contribution in [0.5, 0.6) is 0 Å². The molecule has 0 unspecified atom stereocenters. The summed E-state index contributed by atoms with van der Waals surface area (Å²) in [5.74, 6) is 3.21. The van der Waals surface area contributed by atoms with Crippen LogP contribution in [0.4, 0.5) is 5.69 Å². The fraction of sp³-hybridized carbons (Fsp3) is 0. The number of hydrogen-bond acceptors (Lipinski definition) is 5. The minimum Gasteiger partial charge on any atom is -0.398 e. The summed E-state index contributed by atoms with van der Waals surface area (Å²) in [6, 6.07) is 4.02. The first-order valence-corrected chi connectivity index (χ1v) is 3.66. The molecule has 0 saturated carbocycles. The van der Waals surface area contributed by atoms with E-state index in [-0.39, 0.29) is 16.8 Å². The molecule has 6 nitrogen and oxygen atoms in total. The van der Waals surface area contributed by atoms with E-state index in [0.29, 0.717) is 0 Å². The van der Waals surface area contributed by atoms with Gasteiger partial charge in [-0.3, -0.25) is 4.79 Å². The van der Waals surface area contributed by atoms with Gasteiger partial charge in [0.2, 0.25) is 5.91 Å². The van der Waals surface area contributed by atoms with Crippen molar-refractivity contribution >= 4 is 17.6 Å². The average molecular weight is 195 g/mol. The van der Waals surface area contributed by atoms with Gasteiger partial charge in [-0.15, -0.1) is 0 Å². The molecular formula is C8H9N3O3. The van der Waals surface area contributed by atoms with E-state index in [1.807, 2.05) is 0 Å². The number of nitrogen functional groups attached to an aromatic ring is 1. The minimum absolute atomic E-state index is 0.0174. The van der Waals surface area contributed by atoms with Gasteiger partial charge in [-0.25, -0.2) is 4.79 Å². The fourth-order valence-corrected chi connectivity index (χ4v) is 0.950. The standard InChI is InChI=1S/C8H9N3O3/c9-6-2-1-4(7(10)12)3-5(6)8(13)14-11/h1-3H,9,11H2,(H2,10,12). The van der Waals surface area contributed by atoms with Crippen LogP contribution in [0.2, 0.25) is 0 Å². The quantitative estimate of drug-likeness (QED) is 0.429. The molecule has 74 valence electrons. The lowest BCUT2D eigenvalue weighted by Gasteiger charge is -2.03. The minimum atomic E-state index is -0.814. The molecule has 1 amide bonds. The van der Waals surface area contributed by atoms with Gasteiger partial charge in [0.1, 0.15) is 0 Å². The Hall–Kier alpha value is -2.08. The van der Waals surface area contributed by atoms with Crippen molar-refractivity contribution in [2.24, 2.45) is 11.6 Å². The Balaban J connectivity index is 3.21. The van der Waals surface area contributed by atoms with Crippen LogP contribution in [0.3, 0.4) is 0 Å². The van der Waals surface area contributed by atoms with Gasteiger partial charge in [0.15, 0.2) is 0 Å². The topological polar surface area (TPSA) is 121 Å². The van der Waals surface area contributed by atoms with Crippen molar-refractivity contribution in [3.05, 3.63) is 29.3 Å². The van der Waals surface area contributed by atoms with E-state index in [2.05, 4.69) is 10.7 Å². The summed E-state index contributed by atoms with van der Waals surface area (Å²) in [6.45, 7) is 0. The highest BCUT2D eigenvalue weighted by molar-refractivity contribution is 6.00. The summed E-state index contributed by atoms with van der Waals surface area (Å²) in [5.41, 5.74) is 10.8. The summed E-state index contributed by atoms with van der Waals surface area (Å²) >= 11 is 0. The van der Waals surface area contributed by atoms with E-state index in [4.69, 9.17) is 11.5 Å². The van der Waals surface area contributed by atoms with E-state index < -0.39 is 11.9 Å². The normalized spacial score (nSPS) is 9.50. The van der Waals surface area contributed by atoms with Crippen LogP contribution >= 0.6 is 0 Å². The molecule has 0 aliphatic heterocycles. The summed E-state index contributed by atoms with van der Waals surface area (Å²) in [7, 11) is 0. The monoisotopic (exact) mass is 195 g/mol. The van der Waals surface area contributed by atoms with E-state index in [1.54, 1.807) is 0 Å². The molecule has 0 aliphatic rings. The van der Waals surface area contributed by atoms with Crippen LogP contribution < -0.4 is 17.4 Å². The fourth-order valence-electron chi connectivity index (χ4n) is 0.950. The molecule has 6 heteroatoms. The van der Waals surface area contributed by atoms with Crippen LogP contribution in [0.25, 0.3) is 0 Å². The maximum Gasteiger partial charge on any atom is 0.358 e. The second-order valence-corrected chi connectivity index (χ2v) is 2.57. The Kier molecular flexibility index (Phi) is 2.68. The highest BCUT2D eigenvalue weighted by Crippen LogP contribution is 2.14. The van der Waals surface area contributed by atoms with E-state index in [0.717, 1.165) is 0 Å². The smallest absolute Gasteiger partial charge is 0.358 e. The Morgan fingerprint density at radius 3 is 2.43 bits per heavy atom. The van der Waals surface area contributed by atoms with Crippen molar-refractivity contribution < 1.29 is 14.4 Å². The highest BCUT2D eigenvalue weighted by Gasteiger charge is 2.12. The van der Waals surface area contributed by atoms with Crippen LogP contribution in [-0.2, 0) is 4.84 Å². The van der Waals surface area contributed by atoms with E-state index >= 15 is 0 Å². The molecule has 0 spiro atoms. The number of benzene rings is 1. The van der Waals surface area contributed by atoms with Gasteiger partial charge in [-0.05, 0) is 18.2 Å². The Labute approximate surface area is 79.6 Å². The van der Waals surface area contributed by atoms with Crippen LogP contribution in [0.1, 0.15) is 20.7 Å². The van der Waals surface area contributed by atoms with E-state index in [9.17, 15) is 9.59 Å². The van der Waals surface area contributed by atoms with Gasteiger partial charge < -0.3 is 16.3 Å². The largest absolute Gasteiger partial charge is 0.398 e. The molecule has 1 aromatic rings. The molecule has 0 bridgehead atoms. The van der Waals surface area contributed by atoms with Crippen molar-refractivity contribution in [3.8, 4) is 0 Å². The molecule has 6 N–H and O–H groups in total. The number of primary amides is 1. The summed E-state index contributed by atoms with van der Waals surface area (Å²) in [5, 5.41) is 0. The molecule has 0 heterocycles. The van der Waals surface area contributed by atoms with E-state index in [1.165, 1.54) is 18.2 Å². The second kappa shape index (κ2) is 3.75. The number of carbonyl (C=O) groups excluding carboxylic acids is 2. The van der Waals surface area contributed by atoms with Crippen LogP contribution in [0, 0.1) is 0 Å². The lowest BCUT2D eigenvalue weighted by atomic mass is 10.1. The third-order valence-corrected chi connectivity index (χ3v) is 1.66. The third-order valence-electron chi connectivity index (χ3n) is 1.66. The van der Waals surface area contributed by atoms with Crippen molar-refractivity contribution in [3.63, 3.8) is 0 Å². The Morgan fingerprint density at radius 2 is 1.93 bits per heavy atom. The lowest BCUT2D eigenvalue weighted by molar-refractivity contribution is 0.0504. The Bertz CT molecular complexity index is 389. The molecule has 0 aliphatic carbocycles. The van der Waals surface area contributed by atoms with Crippen LogP contribution in [-0.4, -0.2) is 11.9 Å². The molecule has 0 saturated heterocycles. The maximum absolute atomic E-state index is 11.0. The molecule has 0 aromatic heterocycles. The van der Waals surface area contributed by atoms with Crippen molar-refractivity contribution in [1.82, 2.24) is 0 Å². The molecule has 0 atom stereocenters. The number of amides is 1.